The van der Waals surface area contributed by atoms with Gasteiger partial charge in [0.25, 0.3) is 0 Å². The third kappa shape index (κ3) is 8.25. The van der Waals surface area contributed by atoms with Crippen LogP contribution < -0.4 is 4.74 Å². The molecule has 2 aromatic carbocycles. The van der Waals surface area contributed by atoms with Gasteiger partial charge in [-0.1, -0.05) is 37.3 Å². The Bertz CT molecular complexity index is 1240. The number of hydrogen-bond acceptors (Lipinski definition) is 4. The van der Waals surface area contributed by atoms with Crippen molar-refractivity contribution < 1.29 is 13.7 Å². The van der Waals surface area contributed by atoms with Gasteiger partial charge in [0.05, 0.1) is 13.3 Å². The lowest BCUT2D eigenvalue weighted by atomic mass is 9.96. The fourth-order valence-electron chi connectivity index (χ4n) is 4.88. The number of pyridine rings is 1. The summed E-state index contributed by atoms with van der Waals surface area (Å²) < 4.78 is 33.3. The van der Waals surface area contributed by atoms with Crippen LogP contribution in [0.2, 0.25) is 0 Å². The van der Waals surface area contributed by atoms with E-state index in [9.17, 15) is 8.96 Å². The van der Waals surface area contributed by atoms with E-state index in [4.69, 9.17) is 4.74 Å². The van der Waals surface area contributed by atoms with Crippen molar-refractivity contribution in [2.75, 3.05) is 19.5 Å². The molecule has 0 aliphatic heterocycles. The van der Waals surface area contributed by atoms with Gasteiger partial charge in [0.1, 0.15) is 18.2 Å². The molecule has 0 amide bonds. The van der Waals surface area contributed by atoms with E-state index in [1.54, 1.807) is 0 Å². The second kappa shape index (κ2) is 12.4. The molecule has 0 N–H and O–H groups in total. The number of aromatic nitrogens is 1. The predicted molar refractivity (Wildman–Crippen MR) is 154 cm³/mol. The van der Waals surface area contributed by atoms with Gasteiger partial charge >= 0.3 is 0 Å². The van der Waals surface area contributed by atoms with E-state index in [1.807, 2.05) is 56.7 Å². The summed E-state index contributed by atoms with van der Waals surface area (Å²) in [7, 11) is -2.11. The van der Waals surface area contributed by atoms with Crippen molar-refractivity contribution in [1.29, 1.82) is 0 Å². The Morgan fingerprint density at radius 1 is 0.973 bits per heavy atom. The van der Waals surface area contributed by atoms with Crippen LogP contribution >= 0.6 is 7.14 Å². The molecule has 0 saturated carbocycles. The quantitative estimate of drug-likeness (QED) is 0.238. The van der Waals surface area contributed by atoms with Gasteiger partial charge in [-0.25, -0.2) is 4.39 Å². The van der Waals surface area contributed by atoms with Gasteiger partial charge < -0.3 is 9.30 Å². The maximum atomic E-state index is 14.8. The lowest BCUT2D eigenvalue weighted by molar-refractivity contribution is 0.166. The second-order valence-corrected chi connectivity index (χ2v) is 14.7. The summed E-state index contributed by atoms with van der Waals surface area (Å²) in [6.07, 6.45) is 1.98. The minimum atomic E-state index is -2.11. The molecule has 200 valence electrons. The molecule has 3 rings (SSSR count). The SMILES string of the molecule is Cc1cc(-c2ccc(COc3cccc([C@H](C)CP(C)(C)=O)c3)cc2CN(C(C)C)C(C)C)c(F)cn1. The fraction of sp³-hybridized carbons (Fsp3) is 0.452. The van der Waals surface area contributed by atoms with E-state index in [0.29, 0.717) is 37.0 Å². The van der Waals surface area contributed by atoms with E-state index in [1.165, 1.54) is 6.20 Å². The van der Waals surface area contributed by atoms with Crippen LogP contribution in [0.15, 0.2) is 54.7 Å². The molecule has 0 aliphatic rings. The van der Waals surface area contributed by atoms with Crippen LogP contribution in [-0.2, 0) is 17.7 Å². The average Bonchev–Trinajstić information content (AvgIpc) is 2.81. The van der Waals surface area contributed by atoms with Crippen LogP contribution in [-0.4, -0.2) is 41.5 Å². The summed E-state index contributed by atoms with van der Waals surface area (Å²) in [6, 6.07) is 16.7. The molecule has 1 aromatic heterocycles. The molecule has 4 nitrogen and oxygen atoms in total. The third-order valence-electron chi connectivity index (χ3n) is 6.68. The first kappa shape index (κ1) is 29.1. The van der Waals surface area contributed by atoms with E-state index in [0.717, 1.165) is 33.7 Å². The molecule has 1 atom stereocenters. The minimum Gasteiger partial charge on any atom is -0.489 e. The molecule has 3 aromatic rings. The van der Waals surface area contributed by atoms with Crippen LogP contribution in [0.25, 0.3) is 11.1 Å². The van der Waals surface area contributed by atoms with Gasteiger partial charge in [-0.05, 0) is 94.3 Å². The van der Waals surface area contributed by atoms with Crippen LogP contribution in [0.3, 0.4) is 0 Å². The van der Waals surface area contributed by atoms with Crippen LogP contribution in [0.4, 0.5) is 4.39 Å². The molecule has 0 fully saturated rings. The summed E-state index contributed by atoms with van der Waals surface area (Å²) in [6.45, 7) is 17.5. The molecule has 0 radical (unpaired) electrons. The number of ether oxygens (including phenoxy) is 1. The molecule has 0 aliphatic carbocycles. The van der Waals surface area contributed by atoms with E-state index in [2.05, 4.69) is 56.6 Å². The lowest BCUT2D eigenvalue weighted by Gasteiger charge is -2.31. The van der Waals surface area contributed by atoms with Crippen molar-refractivity contribution in [3.05, 3.63) is 82.9 Å². The standard InChI is InChI=1S/C31H42FN2O2P/c1-21(2)34(22(3)4)18-27-15-25(12-13-29(27)30-14-24(6)33-17-31(30)32)19-36-28-11-9-10-26(16-28)23(5)20-37(7,8)35/h9-17,21-23H,18-20H2,1-8H3/t23-/m1/s1. The smallest absolute Gasteiger partial charge is 0.149 e. The molecule has 0 spiro atoms. The highest BCUT2D eigenvalue weighted by molar-refractivity contribution is 7.62. The van der Waals surface area contributed by atoms with E-state index >= 15 is 0 Å². The molecule has 0 unspecified atom stereocenters. The number of halogens is 1. The van der Waals surface area contributed by atoms with Crippen molar-refractivity contribution >= 4 is 7.14 Å². The first-order valence-electron chi connectivity index (χ1n) is 13.1. The van der Waals surface area contributed by atoms with E-state index < -0.39 is 7.14 Å². The zero-order valence-electron chi connectivity index (χ0n) is 23.6. The summed E-state index contributed by atoms with van der Waals surface area (Å²) in [5.41, 5.74) is 5.48. The Labute approximate surface area is 222 Å². The van der Waals surface area contributed by atoms with Crippen LogP contribution in [0.5, 0.6) is 5.75 Å². The normalized spacial score (nSPS) is 13.0. The Morgan fingerprint density at radius 2 is 1.68 bits per heavy atom. The molecule has 37 heavy (non-hydrogen) atoms. The first-order chi connectivity index (χ1) is 17.3. The van der Waals surface area contributed by atoms with Crippen molar-refractivity contribution in [3.63, 3.8) is 0 Å². The highest BCUT2D eigenvalue weighted by Crippen LogP contribution is 2.41. The monoisotopic (exact) mass is 524 g/mol. The van der Waals surface area contributed by atoms with Crippen molar-refractivity contribution in [3.8, 4) is 16.9 Å². The van der Waals surface area contributed by atoms with Gasteiger partial charge in [-0.2, -0.15) is 0 Å². The number of benzene rings is 2. The first-order valence-corrected chi connectivity index (χ1v) is 15.9. The number of aryl methyl sites for hydroxylation is 1. The number of hydrogen-bond donors (Lipinski definition) is 0. The van der Waals surface area contributed by atoms with Gasteiger partial charge in [0.2, 0.25) is 0 Å². The Morgan fingerprint density at radius 3 is 2.32 bits per heavy atom. The Balaban J connectivity index is 1.89. The Hall–Kier alpha value is -2.49. The molecule has 0 saturated heterocycles. The third-order valence-corrected chi connectivity index (χ3v) is 8.10. The number of rotatable bonds is 11. The topological polar surface area (TPSA) is 42.4 Å². The van der Waals surface area contributed by atoms with Gasteiger partial charge in [-0.3, -0.25) is 9.88 Å². The number of nitrogens with zero attached hydrogens (tertiary/aromatic N) is 2. The fourth-order valence-corrected chi connectivity index (χ4v) is 6.41. The maximum Gasteiger partial charge on any atom is 0.149 e. The largest absolute Gasteiger partial charge is 0.489 e. The van der Waals surface area contributed by atoms with Gasteiger partial charge in [0.15, 0.2) is 0 Å². The Kier molecular flexibility index (Phi) is 9.72. The molecular weight excluding hydrogens is 482 g/mol. The highest BCUT2D eigenvalue weighted by Gasteiger charge is 2.19. The summed E-state index contributed by atoms with van der Waals surface area (Å²) in [5.74, 6) is 0.678. The average molecular weight is 525 g/mol. The van der Waals surface area contributed by atoms with Crippen molar-refractivity contribution in [2.24, 2.45) is 0 Å². The summed E-state index contributed by atoms with van der Waals surface area (Å²) in [4.78, 5) is 6.51. The van der Waals surface area contributed by atoms with Crippen molar-refractivity contribution in [2.45, 2.75) is 72.7 Å². The maximum absolute atomic E-state index is 14.8. The second-order valence-electron chi connectivity index (χ2n) is 11.2. The highest BCUT2D eigenvalue weighted by atomic mass is 31.2. The zero-order valence-corrected chi connectivity index (χ0v) is 24.5. The summed E-state index contributed by atoms with van der Waals surface area (Å²) in [5, 5.41) is 0. The lowest BCUT2D eigenvalue weighted by Crippen LogP contribution is -2.36. The van der Waals surface area contributed by atoms with Crippen LogP contribution in [0, 0.1) is 12.7 Å². The summed E-state index contributed by atoms with van der Waals surface area (Å²) >= 11 is 0. The predicted octanol–water partition coefficient (Wildman–Crippen LogP) is 8.12. The molecular formula is C31H42FN2O2P. The van der Waals surface area contributed by atoms with E-state index in [-0.39, 0.29) is 11.7 Å². The molecule has 0 bridgehead atoms. The zero-order chi connectivity index (χ0) is 27.3. The minimum absolute atomic E-state index is 0.201. The molecule has 1 heterocycles. The van der Waals surface area contributed by atoms with Crippen molar-refractivity contribution in [1.82, 2.24) is 9.88 Å². The molecule has 6 heteroatoms. The van der Waals surface area contributed by atoms with Gasteiger partial charge in [0, 0.05) is 36.0 Å². The van der Waals surface area contributed by atoms with Gasteiger partial charge in [-0.15, -0.1) is 0 Å². The van der Waals surface area contributed by atoms with Crippen LogP contribution in [0.1, 0.15) is 62.9 Å².